The number of rotatable bonds is 1. The lowest BCUT2D eigenvalue weighted by Gasteiger charge is -2.38. The highest BCUT2D eigenvalue weighted by molar-refractivity contribution is 7.92. The quantitative estimate of drug-likeness (QED) is 0.768. The summed E-state index contributed by atoms with van der Waals surface area (Å²) in [6, 6.07) is 2.89. The van der Waals surface area contributed by atoms with Gasteiger partial charge in [0.25, 0.3) is 5.82 Å². The van der Waals surface area contributed by atoms with Crippen molar-refractivity contribution in [1.29, 1.82) is 0 Å². The zero-order chi connectivity index (χ0) is 17.0. The third-order valence-electron chi connectivity index (χ3n) is 3.87. The van der Waals surface area contributed by atoms with Crippen molar-refractivity contribution < 1.29 is 21.6 Å². The van der Waals surface area contributed by atoms with Crippen LogP contribution in [-0.4, -0.2) is 51.8 Å². The van der Waals surface area contributed by atoms with Crippen LogP contribution < -0.4 is 4.90 Å². The van der Waals surface area contributed by atoms with Crippen molar-refractivity contribution in [3.63, 3.8) is 0 Å². The minimum atomic E-state index is -4.67. The van der Waals surface area contributed by atoms with Crippen LogP contribution in [0.5, 0.6) is 0 Å². The normalized spacial score (nSPS) is 20.8. The summed E-state index contributed by atoms with van der Waals surface area (Å²) in [5.74, 6) is -1.03. The van der Waals surface area contributed by atoms with Crippen molar-refractivity contribution in [2.75, 3.05) is 23.7 Å². The van der Waals surface area contributed by atoms with Crippen LogP contribution >= 0.6 is 0 Å². The summed E-state index contributed by atoms with van der Waals surface area (Å²) in [6.45, 7) is 3.50. The number of alkyl halides is 3. The Hall–Kier alpha value is -1.91. The summed E-state index contributed by atoms with van der Waals surface area (Å²) in [5, 5.41) is 10.5. The third-order valence-corrected chi connectivity index (χ3v) is 6.40. The fourth-order valence-corrected chi connectivity index (χ4v) is 3.83. The standard InChI is InChI=1S/C12H14F3N5O2S/c1-11(2)7-19(5-6-23(11,21)22)9-4-3-8-16-17-10(12(13,14)15)20(8)18-9/h3-4H,5-7H2,1-2H3. The second-order valence-electron chi connectivity index (χ2n) is 5.98. The summed E-state index contributed by atoms with van der Waals surface area (Å²) in [5.41, 5.74) is -0.0232. The van der Waals surface area contributed by atoms with E-state index < -0.39 is 26.6 Å². The number of hydrogen-bond donors (Lipinski definition) is 0. The van der Waals surface area contributed by atoms with Crippen LogP contribution in [0.4, 0.5) is 19.0 Å². The lowest BCUT2D eigenvalue weighted by Crippen LogP contribution is -2.53. The average Bonchev–Trinajstić information content (AvgIpc) is 2.84. The maximum atomic E-state index is 12.9. The van der Waals surface area contributed by atoms with Crippen LogP contribution in [0, 0.1) is 0 Å². The molecule has 2 aromatic heterocycles. The maximum absolute atomic E-state index is 12.9. The van der Waals surface area contributed by atoms with Crippen molar-refractivity contribution >= 4 is 21.3 Å². The second kappa shape index (κ2) is 4.79. The van der Waals surface area contributed by atoms with Crippen LogP contribution in [0.15, 0.2) is 12.1 Å². The average molecular weight is 349 g/mol. The minimum absolute atomic E-state index is 0.0232. The summed E-state index contributed by atoms with van der Waals surface area (Å²) in [6.07, 6.45) is -4.67. The molecule has 0 unspecified atom stereocenters. The monoisotopic (exact) mass is 349 g/mol. The molecule has 7 nitrogen and oxygen atoms in total. The zero-order valence-electron chi connectivity index (χ0n) is 12.4. The van der Waals surface area contributed by atoms with Gasteiger partial charge < -0.3 is 4.90 Å². The molecule has 1 saturated heterocycles. The van der Waals surface area contributed by atoms with E-state index in [0.717, 1.165) is 0 Å². The highest BCUT2D eigenvalue weighted by Crippen LogP contribution is 2.29. The van der Waals surface area contributed by atoms with E-state index in [-0.39, 0.29) is 30.3 Å². The summed E-state index contributed by atoms with van der Waals surface area (Å²) in [7, 11) is -3.25. The molecule has 2 aromatic rings. The molecule has 0 bridgehead atoms. The van der Waals surface area contributed by atoms with Gasteiger partial charge in [-0.1, -0.05) is 0 Å². The first-order valence-corrected chi connectivity index (χ1v) is 8.43. The van der Waals surface area contributed by atoms with E-state index in [4.69, 9.17) is 0 Å². The predicted molar refractivity (Wildman–Crippen MR) is 75.9 cm³/mol. The number of halogens is 3. The molecule has 126 valence electrons. The van der Waals surface area contributed by atoms with Crippen LogP contribution in [0.25, 0.3) is 5.65 Å². The first-order chi connectivity index (χ1) is 10.5. The molecule has 0 aromatic carbocycles. The molecule has 0 radical (unpaired) electrons. The van der Waals surface area contributed by atoms with E-state index in [9.17, 15) is 21.6 Å². The van der Waals surface area contributed by atoms with Crippen LogP contribution in [-0.2, 0) is 16.0 Å². The zero-order valence-corrected chi connectivity index (χ0v) is 13.2. The number of sulfone groups is 1. The molecular weight excluding hydrogens is 335 g/mol. The van der Waals surface area contributed by atoms with Gasteiger partial charge in [0, 0.05) is 13.1 Å². The topological polar surface area (TPSA) is 80.5 Å². The Bertz CT molecular complexity index is 859. The molecule has 0 saturated carbocycles. The molecule has 1 aliphatic rings. The lowest BCUT2D eigenvalue weighted by atomic mass is 10.2. The van der Waals surface area contributed by atoms with Gasteiger partial charge >= 0.3 is 6.18 Å². The van der Waals surface area contributed by atoms with Gasteiger partial charge in [0.1, 0.15) is 5.82 Å². The Balaban J connectivity index is 2.01. The first-order valence-electron chi connectivity index (χ1n) is 6.78. The number of hydrogen-bond acceptors (Lipinski definition) is 6. The Morgan fingerprint density at radius 3 is 2.52 bits per heavy atom. The maximum Gasteiger partial charge on any atom is 0.453 e. The molecule has 0 amide bonds. The van der Waals surface area contributed by atoms with Gasteiger partial charge in [0.05, 0.1) is 10.5 Å². The summed E-state index contributed by atoms with van der Waals surface area (Å²) < 4.78 is 62.3. The van der Waals surface area contributed by atoms with E-state index in [2.05, 4.69) is 15.3 Å². The lowest BCUT2D eigenvalue weighted by molar-refractivity contribution is -0.146. The van der Waals surface area contributed by atoms with Gasteiger partial charge in [0.15, 0.2) is 15.5 Å². The van der Waals surface area contributed by atoms with Crippen LogP contribution in [0.2, 0.25) is 0 Å². The van der Waals surface area contributed by atoms with Gasteiger partial charge in [0.2, 0.25) is 0 Å². The van der Waals surface area contributed by atoms with E-state index in [1.54, 1.807) is 18.7 Å². The Labute approximate surface area is 130 Å². The van der Waals surface area contributed by atoms with Crippen molar-refractivity contribution in [1.82, 2.24) is 19.8 Å². The van der Waals surface area contributed by atoms with Gasteiger partial charge in [-0.2, -0.15) is 17.7 Å². The Morgan fingerprint density at radius 2 is 1.91 bits per heavy atom. The van der Waals surface area contributed by atoms with Crippen LogP contribution in [0.1, 0.15) is 19.7 Å². The molecule has 11 heteroatoms. The van der Waals surface area contributed by atoms with E-state index >= 15 is 0 Å². The SMILES string of the molecule is CC1(C)CN(c2ccc3nnc(C(F)(F)F)n3n2)CCS1(=O)=O. The first kappa shape index (κ1) is 16.0. The fraction of sp³-hybridized carbons (Fsp3) is 0.583. The van der Waals surface area contributed by atoms with Gasteiger partial charge in [-0.25, -0.2) is 8.42 Å². The number of nitrogens with zero attached hydrogens (tertiary/aromatic N) is 5. The minimum Gasteiger partial charge on any atom is -0.353 e. The number of fused-ring (bicyclic) bond motifs is 1. The fourth-order valence-electron chi connectivity index (χ4n) is 2.46. The third kappa shape index (κ3) is 2.62. The van der Waals surface area contributed by atoms with Gasteiger partial charge in [-0.3, -0.25) is 0 Å². The van der Waals surface area contributed by atoms with Crippen molar-refractivity contribution in [3.8, 4) is 0 Å². The molecule has 0 atom stereocenters. The van der Waals surface area contributed by atoms with Gasteiger partial charge in [-0.05, 0) is 26.0 Å². The molecule has 0 aliphatic carbocycles. The molecule has 0 N–H and O–H groups in total. The molecular formula is C12H14F3N5O2S. The highest BCUT2D eigenvalue weighted by Gasteiger charge is 2.41. The molecule has 3 rings (SSSR count). The highest BCUT2D eigenvalue weighted by atomic mass is 32.2. The van der Waals surface area contributed by atoms with Gasteiger partial charge in [-0.15, -0.1) is 15.3 Å². The van der Waals surface area contributed by atoms with E-state index in [1.165, 1.54) is 12.1 Å². The summed E-state index contributed by atoms with van der Waals surface area (Å²) >= 11 is 0. The smallest absolute Gasteiger partial charge is 0.353 e. The second-order valence-corrected chi connectivity index (χ2v) is 8.73. The molecule has 0 spiro atoms. The Morgan fingerprint density at radius 1 is 1.22 bits per heavy atom. The Kier molecular flexibility index (Phi) is 3.33. The van der Waals surface area contributed by atoms with E-state index in [1.807, 2.05) is 0 Å². The van der Waals surface area contributed by atoms with E-state index in [0.29, 0.717) is 4.52 Å². The molecule has 23 heavy (non-hydrogen) atoms. The largest absolute Gasteiger partial charge is 0.453 e. The summed E-state index contributed by atoms with van der Waals surface area (Å²) in [4.78, 5) is 1.65. The van der Waals surface area contributed by atoms with Crippen molar-refractivity contribution in [2.24, 2.45) is 0 Å². The predicted octanol–water partition coefficient (Wildman–Crippen LogP) is 1.16. The van der Waals surface area contributed by atoms with Crippen molar-refractivity contribution in [2.45, 2.75) is 24.8 Å². The molecule has 1 aliphatic heterocycles. The molecule has 3 heterocycles. The van der Waals surface area contributed by atoms with Crippen LogP contribution in [0.3, 0.4) is 0 Å². The number of anilines is 1. The van der Waals surface area contributed by atoms with Crippen molar-refractivity contribution in [3.05, 3.63) is 18.0 Å². The number of aromatic nitrogens is 4. The molecule has 1 fully saturated rings.